The third-order valence-electron chi connectivity index (χ3n) is 4.43. The van der Waals surface area contributed by atoms with Crippen LogP contribution < -0.4 is 11.1 Å². The number of hydrogen-bond acceptors (Lipinski definition) is 5. The number of hydrogen-bond donors (Lipinski definition) is 2. The van der Waals surface area contributed by atoms with E-state index in [1.54, 1.807) is 12.1 Å². The third kappa shape index (κ3) is 4.05. The van der Waals surface area contributed by atoms with Gasteiger partial charge in [0.2, 0.25) is 0 Å². The molecule has 0 aliphatic carbocycles. The Bertz CT molecular complexity index is 759. The van der Waals surface area contributed by atoms with Crippen molar-refractivity contribution in [2.75, 3.05) is 25.0 Å². The monoisotopic (exact) mass is 383 g/mol. The topological polar surface area (TPSA) is 88.6 Å². The molecule has 1 saturated heterocycles. The van der Waals surface area contributed by atoms with Crippen LogP contribution in [-0.4, -0.2) is 36.3 Å². The Kier molecular flexibility index (Phi) is 5.92. The van der Waals surface area contributed by atoms with E-state index < -0.39 is 0 Å². The fraction of sp³-hybridized carbons (Fsp3) is 0.412. The maximum absolute atomic E-state index is 12.8. The molecule has 0 saturated carbocycles. The Morgan fingerprint density at radius 1 is 1.48 bits per heavy atom. The van der Waals surface area contributed by atoms with Crippen molar-refractivity contribution in [1.29, 1.82) is 0 Å². The molecule has 0 spiro atoms. The molecule has 1 aliphatic heterocycles. The molecule has 2 aromatic heterocycles. The standard InChI is InChI=1S/C17H21N3O3S.ClH/c1-11-8-13(19-15(21)12-4-3-7-23-12)24-14(11)16(22)20-6-5-17(2,9-18)10-20;/h3-4,7-8H,5-6,9-10,18H2,1-2H3,(H,19,21);1H. The molecular weight excluding hydrogens is 362 g/mol. The SMILES string of the molecule is Cc1cc(NC(=O)c2ccco2)sc1C(=O)N1CCC(C)(CN)C1.Cl. The Morgan fingerprint density at radius 2 is 2.24 bits per heavy atom. The van der Waals surface area contributed by atoms with Gasteiger partial charge in [-0.15, -0.1) is 23.7 Å². The highest BCUT2D eigenvalue weighted by Gasteiger charge is 2.36. The van der Waals surface area contributed by atoms with E-state index in [-0.39, 0.29) is 35.4 Å². The highest BCUT2D eigenvalue weighted by atomic mass is 35.5. The smallest absolute Gasteiger partial charge is 0.291 e. The average molecular weight is 384 g/mol. The molecule has 3 heterocycles. The van der Waals surface area contributed by atoms with Crippen LogP contribution in [0.2, 0.25) is 0 Å². The van der Waals surface area contributed by atoms with E-state index in [0.717, 1.165) is 18.5 Å². The van der Waals surface area contributed by atoms with Gasteiger partial charge in [0.15, 0.2) is 5.76 Å². The van der Waals surface area contributed by atoms with Gasteiger partial charge in [-0.1, -0.05) is 6.92 Å². The quantitative estimate of drug-likeness (QED) is 0.848. The van der Waals surface area contributed by atoms with E-state index in [4.69, 9.17) is 10.2 Å². The third-order valence-corrected chi connectivity index (χ3v) is 5.57. The van der Waals surface area contributed by atoms with Crippen LogP contribution in [0.4, 0.5) is 5.00 Å². The van der Waals surface area contributed by atoms with Crippen molar-refractivity contribution >= 4 is 40.6 Å². The lowest BCUT2D eigenvalue weighted by atomic mass is 9.90. The summed E-state index contributed by atoms with van der Waals surface area (Å²) in [7, 11) is 0. The van der Waals surface area contributed by atoms with Crippen LogP contribution >= 0.6 is 23.7 Å². The molecule has 3 N–H and O–H groups in total. The molecular formula is C17H22ClN3O3S. The molecule has 1 atom stereocenters. The van der Waals surface area contributed by atoms with Gasteiger partial charge in [-0.05, 0) is 49.1 Å². The molecule has 6 nitrogen and oxygen atoms in total. The lowest BCUT2D eigenvalue weighted by molar-refractivity contribution is 0.0781. The molecule has 1 unspecified atom stereocenters. The number of likely N-dealkylation sites (tertiary alicyclic amines) is 1. The van der Waals surface area contributed by atoms with Gasteiger partial charge in [-0.3, -0.25) is 9.59 Å². The number of amides is 2. The van der Waals surface area contributed by atoms with Gasteiger partial charge in [-0.25, -0.2) is 0 Å². The minimum atomic E-state index is -0.322. The van der Waals surface area contributed by atoms with Gasteiger partial charge in [-0.2, -0.15) is 0 Å². The number of nitrogens with zero attached hydrogens (tertiary/aromatic N) is 1. The number of aryl methyl sites for hydroxylation is 1. The zero-order valence-corrected chi connectivity index (χ0v) is 15.8. The largest absolute Gasteiger partial charge is 0.459 e. The lowest BCUT2D eigenvalue weighted by Crippen LogP contribution is -2.34. The van der Waals surface area contributed by atoms with E-state index in [0.29, 0.717) is 23.0 Å². The van der Waals surface area contributed by atoms with Crippen molar-refractivity contribution in [3.63, 3.8) is 0 Å². The minimum Gasteiger partial charge on any atom is -0.459 e. The number of nitrogens with one attached hydrogen (secondary N) is 1. The van der Waals surface area contributed by atoms with Crippen LogP contribution in [0.3, 0.4) is 0 Å². The van der Waals surface area contributed by atoms with Gasteiger partial charge in [0.25, 0.3) is 11.8 Å². The van der Waals surface area contributed by atoms with Crippen molar-refractivity contribution in [3.8, 4) is 0 Å². The predicted molar refractivity (Wildman–Crippen MR) is 101 cm³/mol. The number of carbonyl (C=O) groups excluding carboxylic acids is 2. The Balaban J connectivity index is 0.00000225. The first-order valence-electron chi connectivity index (χ1n) is 7.86. The van der Waals surface area contributed by atoms with Crippen LogP contribution in [0, 0.1) is 12.3 Å². The molecule has 2 amide bonds. The first-order chi connectivity index (χ1) is 11.4. The lowest BCUT2D eigenvalue weighted by Gasteiger charge is -2.22. The zero-order chi connectivity index (χ0) is 17.3. The second kappa shape index (κ2) is 7.59. The molecule has 1 fully saturated rings. The number of furan rings is 1. The van der Waals surface area contributed by atoms with Crippen LogP contribution in [0.5, 0.6) is 0 Å². The molecule has 0 radical (unpaired) electrons. The van der Waals surface area contributed by atoms with Crippen molar-refractivity contribution in [3.05, 3.63) is 40.7 Å². The van der Waals surface area contributed by atoms with Crippen molar-refractivity contribution in [2.24, 2.45) is 11.1 Å². The Morgan fingerprint density at radius 3 is 2.84 bits per heavy atom. The summed E-state index contributed by atoms with van der Waals surface area (Å²) in [6.45, 7) is 5.96. The molecule has 0 bridgehead atoms. The van der Waals surface area contributed by atoms with E-state index in [9.17, 15) is 9.59 Å². The zero-order valence-electron chi connectivity index (χ0n) is 14.2. The van der Waals surface area contributed by atoms with Crippen LogP contribution in [0.25, 0.3) is 0 Å². The number of anilines is 1. The summed E-state index contributed by atoms with van der Waals surface area (Å²) in [6, 6.07) is 5.07. The highest BCUT2D eigenvalue weighted by Crippen LogP contribution is 2.33. The first-order valence-corrected chi connectivity index (χ1v) is 8.68. The molecule has 25 heavy (non-hydrogen) atoms. The molecule has 1 aliphatic rings. The highest BCUT2D eigenvalue weighted by molar-refractivity contribution is 7.18. The van der Waals surface area contributed by atoms with Gasteiger partial charge >= 0.3 is 0 Å². The Labute approximate surface area is 156 Å². The molecule has 136 valence electrons. The van der Waals surface area contributed by atoms with Gasteiger partial charge in [0, 0.05) is 13.1 Å². The summed E-state index contributed by atoms with van der Waals surface area (Å²) in [5.74, 6) is -0.0718. The number of thiophene rings is 1. The van der Waals surface area contributed by atoms with Crippen LogP contribution in [-0.2, 0) is 0 Å². The second-order valence-corrected chi connectivity index (χ2v) is 7.60. The summed E-state index contributed by atoms with van der Waals surface area (Å²) < 4.78 is 5.07. The summed E-state index contributed by atoms with van der Waals surface area (Å²) in [6.07, 6.45) is 2.37. The molecule has 2 aromatic rings. The molecule has 3 rings (SSSR count). The maximum Gasteiger partial charge on any atom is 0.291 e. The van der Waals surface area contributed by atoms with Crippen molar-refractivity contribution in [2.45, 2.75) is 20.3 Å². The van der Waals surface area contributed by atoms with Gasteiger partial charge in [0.05, 0.1) is 16.1 Å². The second-order valence-electron chi connectivity index (χ2n) is 6.55. The predicted octanol–water partition coefficient (Wildman–Crippen LogP) is 3.13. The molecule has 8 heteroatoms. The summed E-state index contributed by atoms with van der Waals surface area (Å²) in [5, 5.41) is 3.41. The van der Waals surface area contributed by atoms with E-state index in [1.807, 2.05) is 17.9 Å². The fourth-order valence-electron chi connectivity index (χ4n) is 2.84. The number of rotatable bonds is 4. The van der Waals surface area contributed by atoms with Crippen molar-refractivity contribution < 1.29 is 14.0 Å². The fourth-order valence-corrected chi connectivity index (χ4v) is 3.88. The van der Waals surface area contributed by atoms with E-state index in [1.165, 1.54) is 17.6 Å². The van der Waals surface area contributed by atoms with E-state index in [2.05, 4.69) is 12.2 Å². The van der Waals surface area contributed by atoms with Gasteiger partial charge < -0.3 is 20.4 Å². The van der Waals surface area contributed by atoms with Crippen LogP contribution in [0.15, 0.2) is 28.9 Å². The summed E-state index contributed by atoms with van der Waals surface area (Å²) in [5.41, 5.74) is 6.67. The first kappa shape index (κ1) is 19.5. The average Bonchev–Trinajstić information content (AvgIpc) is 3.27. The van der Waals surface area contributed by atoms with E-state index >= 15 is 0 Å². The number of carbonyl (C=O) groups is 2. The number of halogens is 1. The minimum absolute atomic E-state index is 0. The Hall–Kier alpha value is -1.83. The maximum atomic E-state index is 12.8. The summed E-state index contributed by atoms with van der Waals surface area (Å²) >= 11 is 1.29. The molecule has 0 aromatic carbocycles. The van der Waals surface area contributed by atoms with Crippen molar-refractivity contribution in [1.82, 2.24) is 4.90 Å². The number of nitrogens with two attached hydrogens (primary N) is 1. The summed E-state index contributed by atoms with van der Waals surface area (Å²) in [4.78, 5) is 27.3. The van der Waals surface area contributed by atoms with Gasteiger partial charge in [0.1, 0.15) is 0 Å². The van der Waals surface area contributed by atoms with Crippen LogP contribution in [0.1, 0.15) is 39.1 Å². The normalized spacial score (nSPS) is 19.6.